The topological polar surface area (TPSA) is 91.3 Å². The highest BCUT2D eigenvalue weighted by Crippen LogP contribution is 2.68. The van der Waals surface area contributed by atoms with Gasteiger partial charge < -0.3 is 23.2 Å². The second kappa shape index (κ2) is 9.95. The van der Waals surface area contributed by atoms with Crippen LogP contribution in [0.4, 0.5) is 13.2 Å². The predicted octanol–water partition coefficient (Wildman–Crippen LogP) is 6.46. The lowest BCUT2D eigenvalue weighted by molar-refractivity contribution is -0.257. The molecule has 3 saturated carbocycles. The van der Waals surface area contributed by atoms with Gasteiger partial charge in [0.2, 0.25) is 8.32 Å². The van der Waals surface area contributed by atoms with Crippen molar-refractivity contribution in [3.05, 3.63) is 41.7 Å². The van der Waals surface area contributed by atoms with E-state index in [0.29, 0.717) is 44.3 Å². The van der Waals surface area contributed by atoms with Crippen molar-refractivity contribution >= 4 is 18.4 Å². The van der Waals surface area contributed by atoms with Gasteiger partial charge in [-0.05, 0) is 105 Å². The summed E-state index contributed by atoms with van der Waals surface area (Å²) in [6, 6.07) is 5.98. The van der Waals surface area contributed by atoms with Gasteiger partial charge in [-0.2, -0.15) is 21.6 Å². The van der Waals surface area contributed by atoms with Crippen molar-refractivity contribution in [2.45, 2.75) is 94.3 Å². The normalized spacial score (nSPS) is 37.9. The highest BCUT2D eigenvalue weighted by molar-refractivity contribution is 7.88. The van der Waals surface area contributed by atoms with E-state index >= 15 is 0 Å². The molecule has 42 heavy (non-hydrogen) atoms. The Balaban J connectivity index is 1.36. The molecular formula is C30H41F3O7SSi. The molecule has 0 radical (unpaired) electrons. The minimum Gasteiger partial charge on any atom is -0.547 e. The number of fused-ring (bicyclic) bond motifs is 5. The summed E-state index contributed by atoms with van der Waals surface area (Å²) in [5, 5.41) is 12.2. The number of alkyl halides is 3. The zero-order chi connectivity index (χ0) is 30.3. The second-order valence-corrected chi connectivity index (χ2v) is 20.2. The Morgan fingerprint density at radius 2 is 1.69 bits per heavy atom. The minimum absolute atomic E-state index is 0.00715. The molecule has 0 bridgehead atoms. The smallest absolute Gasteiger partial charge is 0.534 e. The number of rotatable bonds is 5. The molecular weight excluding hydrogens is 589 g/mol. The predicted molar refractivity (Wildman–Crippen MR) is 151 cm³/mol. The van der Waals surface area contributed by atoms with E-state index in [4.69, 9.17) is 13.9 Å². The number of aliphatic hydroxyl groups is 1. The van der Waals surface area contributed by atoms with Gasteiger partial charge in [-0.15, -0.1) is 0 Å². The molecule has 234 valence electrons. The summed E-state index contributed by atoms with van der Waals surface area (Å²) in [6.45, 7) is 9.86. The van der Waals surface area contributed by atoms with Crippen LogP contribution in [-0.4, -0.2) is 52.0 Å². The Kier molecular flexibility index (Phi) is 7.21. The van der Waals surface area contributed by atoms with Crippen molar-refractivity contribution in [3.63, 3.8) is 0 Å². The Morgan fingerprint density at radius 1 is 1.02 bits per heavy atom. The fraction of sp³-hybridized carbons (Fsp3) is 0.733. The third-order valence-electron chi connectivity index (χ3n) is 10.6. The van der Waals surface area contributed by atoms with Gasteiger partial charge in [0.1, 0.15) is 5.75 Å². The maximum Gasteiger partial charge on any atom is 0.534 e. The molecule has 6 rings (SSSR count). The zero-order valence-electron chi connectivity index (χ0n) is 24.6. The van der Waals surface area contributed by atoms with E-state index in [1.54, 1.807) is 12.1 Å². The molecule has 1 N–H and O–H groups in total. The van der Waals surface area contributed by atoms with Crippen LogP contribution in [0.2, 0.25) is 19.6 Å². The molecule has 0 amide bonds. The standard InChI is InChI=1S/C30H41F3O7SSi/c1-27-17-22(19-5-7-20(8-6-19)39-41(35,36)30(31,32)33)26-21(23(27)9-10-25(27)40-42(2,3)4)11-13-28(34)18-29(14-12-24(26)28)37-15-16-38-29/h5-8,10,21-24,26,34H,9,11-18H2,1-4H3/t21-,22+,23-,24+,26+,27-,28+/m0/s1. The first-order chi connectivity index (χ1) is 19.5. The van der Waals surface area contributed by atoms with Gasteiger partial charge in [-0.25, -0.2) is 0 Å². The Morgan fingerprint density at radius 3 is 2.31 bits per heavy atom. The van der Waals surface area contributed by atoms with Crippen LogP contribution in [0.5, 0.6) is 5.75 Å². The first kappa shape index (κ1) is 30.4. The zero-order valence-corrected chi connectivity index (χ0v) is 26.4. The lowest BCUT2D eigenvalue weighted by Gasteiger charge is -2.62. The van der Waals surface area contributed by atoms with Crippen LogP contribution in [0, 0.1) is 29.1 Å². The molecule has 4 aliphatic carbocycles. The van der Waals surface area contributed by atoms with E-state index in [1.807, 2.05) is 0 Å². The van der Waals surface area contributed by atoms with Crippen molar-refractivity contribution in [3.8, 4) is 5.75 Å². The molecule has 1 aromatic rings. The second-order valence-electron chi connectivity index (χ2n) is 14.2. The van der Waals surface area contributed by atoms with Crippen LogP contribution >= 0.6 is 0 Å². The van der Waals surface area contributed by atoms with Crippen molar-refractivity contribution in [2.24, 2.45) is 29.1 Å². The number of allylic oxidation sites excluding steroid dienone is 2. The minimum atomic E-state index is -5.77. The van der Waals surface area contributed by atoms with E-state index in [1.165, 1.54) is 12.1 Å². The number of hydrogen-bond acceptors (Lipinski definition) is 7. The van der Waals surface area contributed by atoms with Crippen molar-refractivity contribution in [2.75, 3.05) is 13.2 Å². The summed E-state index contributed by atoms with van der Waals surface area (Å²) in [6.07, 6.45) is 7.37. The quantitative estimate of drug-likeness (QED) is 0.227. The van der Waals surface area contributed by atoms with Gasteiger partial charge in [0.15, 0.2) is 5.79 Å². The number of ether oxygens (including phenoxy) is 2. The fourth-order valence-corrected chi connectivity index (χ4v) is 10.5. The largest absolute Gasteiger partial charge is 0.547 e. The molecule has 1 heterocycles. The van der Waals surface area contributed by atoms with E-state index in [2.05, 4.69) is 36.8 Å². The molecule has 12 heteroatoms. The number of halogens is 3. The Labute approximate surface area is 247 Å². The molecule has 0 aromatic heterocycles. The van der Waals surface area contributed by atoms with E-state index in [0.717, 1.165) is 37.0 Å². The van der Waals surface area contributed by atoms with Crippen LogP contribution in [0.3, 0.4) is 0 Å². The average Bonchev–Trinajstić information content (AvgIpc) is 3.45. The first-order valence-electron chi connectivity index (χ1n) is 15.0. The van der Waals surface area contributed by atoms with Crippen LogP contribution < -0.4 is 4.18 Å². The van der Waals surface area contributed by atoms with Crippen molar-refractivity contribution < 1.29 is 44.8 Å². The van der Waals surface area contributed by atoms with Crippen LogP contribution in [0.15, 0.2) is 36.1 Å². The lowest BCUT2D eigenvalue weighted by Crippen LogP contribution is -2.61. The highest BCUT2D eigenvalue weighted by atomic mass is 32.2. The third kappa shape index (κ3) is 5.12. The lowest BCUT2D eigenvalue weighted by atomic mass is 9.45. The van der Waals surface area contributed by atoms with Crippen molar-refractivity contribution in [1.82, 2.24) is 0 Å². The van der Waals surface area contributed by atoms with E-state index < -0.39 is 35.3 Å². The molecule has 7 nitrogen and oxygen atoms in total. The van der Waals surface area contributed by atoms with Gasteiger partial charge in [0.05, 0.1) is 24.6 Å². The number of benzene rings is 1. The van der Waals surface area contributed by atoms with E-state index in [9.17, 15) is 26.7 Å². The van der Waals surface area contributed by atoms with E-state index in [-0.39, 0.29) is 28.9 Å². The summed E-state index contributed by atoms with van der Waals surface area (Å²) >= 11 is 0. The maximum absolute atomic E-state index is 12.9. The summed E-state index contributed by atoms with van der Waals surface area (Å²) in [7, 11) is -7.66. The van der Waals surface area contributed by atoms with Crippen LogP contribution in [0.1, 0.15) is 63.4 Å². The monoisotopic (exact) mass is 630 g/mol. The molecule has 1 saturated heterocycles. The van der Waals surface area contributed by atoms with Crippen LogP contribution in [0.25, 0.3) is 0 Å². The summed E-state index contributed by atoms with van der Waals surface area (Å²) in [5.74, 6) is 0.732. The maximum atomic E-state index is 12.9. The molecule has 5 aliphatic rings. The van der Waals surface area contributed by atoms with Gasteiger partial charge in [0.25, 0.3) is 0 Å². The Bertz CT molecular complexity index is 1340. The van der Waals surface area contributed by atoms with Crippen LogP contribution in [-0.2, 0) is 24.0 Å². The molecule has 1 spiro atoms. The summed E-state index contributed by atoms with van der Waals surface area (Å²) in [5.41, 5.74) is -5.77. The molecule has 0 unspecified atom stereocenters. The number of hydrogen-bond donors (Lipinski definition) is 1. The van der Waals surface area contributed by atoms with Gasteiger partial charge >= 0.3 is 15.6 Å². The highest BCUT2D eigenvalue weighted by Gasteiger charge is 2.64. The summed E-state index contributed by atoms with van der Waals surface area (Å²) in [4.78, 5) is 0. The van der Waals surface area contributed by atoms with Gasteiger partial charge in [-0.3, -0.25) is 0 Å². The van der Waals surface area contributed by atoms with Gasteiger partial charge in [-0.1, -0.05) is 19.1 Å². The SMILES string of the molecule is C[C@]12C[C@H](c3ccc(OS(=O)(=O)C(F)(F)F)cc3)[C@H]3[C@@H](CC[C@@]4(O)CC5(CC[C@H]34)OCCO5)[C@@H]1CC=C2O[Si](C)(C)C. The third-order valence-corrected chi connectivity index (χ3v) is 12.4. The fourth-order valence-electron chi connectivity index (χ4n) is 9.03. The molecule has 4 fully saturated rings. The molecule has 1 aromatic carbocycles. The summed E-state index contributed by atoms with van der Waals surface area (Å²) < 4.78 is 85.1. The average molecular weight is 631 g/mol. The first-order valence-corrected chi connectivity index (χ1v) is 19.8. The van der Waals surface area contributed by atoms with Gasteiger partial charge in [0, 0.05) is 18.3 Å². The Hall–Kier alpha value is -1.60. The van der Waals surface area contributed by atoms with Crippen molar-refractivity contribution in [1.29, 1.82) is 0 Å². The molecule has 7 atom stereocenters. The molecule has 1 aliphatic heterocycles.